The Balaban J connectivity index is 2.09. The molecule has 5 heteroatoms. The molecule has 2 aromatic rings. The van der Waals surface area contributed by atoms with Crippen LogP contribution in [0.2, 0.25) is 4.34 Å². The van der Waals surface area contributed by atoms with Crippen molar-refractivity contribution < 1.29 is 0 Å². The van der Waals surface area contributed by atoms with E-state index in [1.165, 1.54) is 4.88 Å². The lowest BCUT2D eigenvalue weighted by molar-refractivity contribution is 0.886. The average Bonchev–Trinajstić information content (AvgIpc) is 2.76. The van der Waals surface area contributed by atoms with Crippen molar-refractivity contribution in [1.82, 2.24) is 9.97 Å². The van der Waals surface area contributed by atoms with E-state index >= 15 is 0 Å². The molecule has 17 heavy (non-hydrogen) atoms. The molecular formula is C12H14ClN3S. The summed E-state index contributed by atoms with van der Waals surface area (Å²) in [4.78, 5) is 9.58. The molecule has 90 valence electrons. The van der Waals surface area contributed by atoms with Crippen molar-refractivity contribution in [1.29, 1.82) is 0 Å². The Morgan fingerprint density at radius 2 is 2.24 bits per heavy atom. The number of thiophene rings is 1. The van der Waals surface area contributed by atoms with E-state index in [-0.39, 0.29) is 6.04 Å². The van der Waals surface area contributed by atoms with E-state index in [0.29, 0.717) is 0 Å². The lowest BCUT2D eigenvalue weighted by Gasteiger charge is -2.12. The molecule has 1 unspecified atom stereocenters. The molecule has 0 aliphatic rings. The molecule has 0 saturated heterocycles. The topological polar surface area (TPSA) is 37.8 Å². The van der Waals surface area contributed by atoms with Gasteiger partial charge in [0.25, 0.3) is 0 Å². The van der Waals surface area contributed by atoms with E-state index in [9.17, 15) is 0 Å². The van der Waals surface area contributed by atoms with Gasteiger partial charge in [0.2, 0.25) is 0 Å². The number of anilines is 1. The zero-order valence-corrected chi connectivity index (χ0v) is 11.3. The number of hydrogen-bond acceptors (Lipinski definition) is 4. The van der Waals surface area contributed by atoms with E-state index in [2.05, 4.69) is 29.1 Å². The van der Waals surface area contributed by atoms with Crippen LogP contribution < -0.4 is 5.32 Å². The normalized spacial score (nSPS) is 12.4. The van der Waals surface area contributed by atoms with Crippen molar-refractivity contribution >= 4 is 28.8 Å². The second-order valence-electron chi connectivity index (χ2n) is 3.76. The van der Waals surface area contributed by atoms with E-state index < -0.39 is 0 Å². The highest BCUT2D eigenvalue weighted by Crippen LogP contribution is 2.28. The van der Waals surface area contributed by atoms with Crippen molar-refractivity contribution in [3.63, 3.8) is 0 Å². The Bertz CT molecular complexity index is 498. The van der Waals surface area contributed by atoms with Gasteiger partial charge in [-0.15, -0.1) is 11.3 Å². The number of nitrogens with zero attached hydrogens (tertiary/aromatic N) is 2. The third kappa shape index (κ3) is 3.17. The molecule has 2 aromatic heterocycles. The van der Waals surface area contributed by atoms with Crippen LogP contribution in [0.3, 0.4) is 0 Å². The Morgan fingerprint density at radius 1 is 1.41 bits per heavy atom. The summed E-state index contributed by atoms with van der Waals surface area (Å²) in [6.07, 6.45) is 2.51. The van der Waals surface area contributed by atoms with Gasteiger partial charge in [-0.05, 0) is 25.5 Å². The summed E-state index contributed by atoms with van der Waals surface area (Å²) in [5.41, 5.74) is 1.04. The number of hydrogen-bond donors (Lipinski definition) is 1. The van der Waals surface area contributed by atoms with Gasteiger partial charge in [0.1, 0.15) is 12.1 Å². The first kappa shape index (κ1) is 12.3. The van der Waals surface area contributed by atoms with Crippen molar-refractivity contribution in [3.8, 4) is 0 Å². The largest absolute Gasteiger partial charge is 0.363 e. The van der Waals surface area contributed by atoms with Crippen LogP contribution in [0.4, 0.5) is 5.82 Å². The smallest absolute Gasteiger partial charge is 0.130 e. The standard InChI is InChI=1S/C12H14ClN3S/c1-3-9-6-12(15-7-14-9)16-8(2)10-4-5-11(13)17-10/h4-8H,3H2,1-2H3,(H,14,15,16). The molecule has 0 fully saturated rings. The number of aryl methyl sites for hydroxylation is 1. The lowest BCUT2D eigenvalue weighted by atomic mass is 10.2. The molecule has 0 aliphatic heterocycles. The molecule has 0 saturated carbocycles. The maximum absolute atomic E-state index is 5.92. The van der Waals surface area contributed by atoms with Gasteiger partial charge >= 0.3 is 0 Å². The molecule has 2 rings (SSSR count). The second-order valence-corrected chi connectivity index (χ2v) is 5.50. The summed E-state index contributed by atoms with van der Waals surface area (Å²) in [5, 5.41) is 3.35. The molecular weight excluding hydrogens is 254 g/mol. The maximum atomic E-state index is 5.92. The molecule has 0 bridgehead atoms. The first-order chi connectivity index (χ1) is 8.19. The van der Waals surface area contributed by atoms with Crippen LogP contribution in [-0.4, -0.2) is 9.97 Å². The van der Waals surface area contributed by atoms with E-state index in [4.69, 9.17) is 11.6 Å². The predicted octanol–water partition coefficient (Wildman–Crippen LogP) is 3.93. The van der Waals surface area contributed by atoms with Crippen molar-refractivity contribution in [3.05, 3.63) is 39.4 Å². The van der Waals surface area contributed by atoms with Gasteiger partial charge in [-0.2, -0.15) is 0 Å². The molecule has 0 amide bonds. The third-order valence-corrected chi connectivity index (χ3v) is 3.88. The number of nitrogens with one attached hydrogen (secondary N) is 1. The van der Waals surface area contributed by atoms with Gasteiger partial charge in [0.05, 0.1) is 10.4 Å². The highest BCUT2D eigenvalue weighted by molar-refractivity contribution is 7.16. The summed E-state index contributed by atoms with van der Waals surface area (Å²) < 4.78 is 0.811. The first-order valence-electron chi connectivity index (χ1n) is 5.51. The molecule has 0 radical (unpaired) electrons. The number of aromatic nitrogens is 2. The minimum atomic E-state index is 0.201. The van der Waals surface area contributed by atoms with Crippen LogP contribution in [0.15, 0.2) is 24.5 Å². The molecule has 0 spiro atoms. The Hall–Kier alpha value is -1.13. The Kier molecular flexibility index (Phi) is 3.97. The van der Waals surface area contributed by atoms with Gasteiger partial charge in [0, 0.05) is 16.6 Å². The predicted molar refractivity (Wildman–Crippen MR) is 72.8 cm³/mol. The molecule has 2 heterocycles. The molecule has 3 nitrogen and oxygen atoms in total. The van der Waals surface area contributed by atoms with Crippen molar-refractivity contribution in [2.24, 2.45) is 0 Å². The van der Waals surface area contributed by atoms with Crippen LogP contribution in [0.5, 0.6) is 0 Å². The number of rotatable bonds is 4. The summed E-state index contributed by atoms with van der Waals surface area (Å²) in [6.45, 7) is 4.17. The summed E-state index contributed by atoms with van der Waals surface area (Å²) in [7, 11) is 0. The maximum Gasteiger partial charge on any atom is 0.130 e. The lowest BCUT2D eigenvalue weighted by Crippen LogP contribution is -2.07. The van der Waals surface area contributed by atoms with Crippen LogP contribution >= 0.6 is 22.9 Å². The van der Waals surface area contributed by atoms with E-state index in [1.807, 2.05) is 18.2 Å². The fourth-order valence-electron chi connectivity index (χ4n) is 1.52. The molecule has 1 N–H and O–H groups in total. The van der Waals surface area contributed by atoms with Gasteiger partial charge in [-0.1, -0.05) is 18.5 Å². The SMILES string of the molecule is CCc1cc(NC(C)c2ccc(Cl)s2)ncn1. The highest BCUT2D eigenvalue weighted by atomic mass is 35.5. The van der Waals surface area contributed by atoms with Gasteiger partial charge < -0.3 is 5.32 Å². The fourth-order valence-corrected chi connectivity index (χ4v) is 2.59. The van der Waals surface area contributed by atoms with Crippen LogP contribution in [-0.2, 0) is 6.42 Å². The Labute approximate surface area is 110 Å². The quantitative estimate of drug-likeness (QED) is 0.912. The minimum absolute atomic E-state index is 0.201. The minimum Gasteiger partial charge on any atom is -0.363 e. The Morgan fingerprint density at radius 3 is 2.88 bits per heavy atom. The third-order valence-electron chi connectivity index (χ3n) is 2.47. The molecule has 1 atom stereocenters. The van der Waals surface area contributed by atoms with E-state index in [1.54, 1.807) is 17.7 Å². The average molecular weight is 268 g/mol. The fraction of sp³-hybridized carbons (Fsp3) is 0.333. The zero-order valence-electron chi connectivity index (χ0n) is 9.77. The first-order valence-corrected chi connectivity index (χ1v) is 6.71. The van der Waals surface area contributed by atoms with Gasteiger partial charge in [0.15, 0.2) is 0 Å². The summed E-state index contributed by atoms with van der Waals surface area (Å²) >= 11 is 7.50. The van der Waals surface area contributed by atoms with Gasteiger partial charge in [-0.3, -0.25) is 0 Å². The molecule has 0 aliphatic carbocycles. The van der Waals surface area contributed by atoms with Gasteiger partial charge in [-0.25, -0.2) is 9.97 Å². The number of halogens is 1. The molecule has 0 aromatic carbocycles. The zero-order chi connectivity index (χ0) is 12.3. The second kappa shape index (κ2) is 5.47. The summed E-state index contributed by atoms with van der Waals surface area (Å²) in [5.74, 6) is 0.855. The van der Waals surface area contributed by atoms with Crippen LogP contribution in [0.1, 0.15) is 30.5 Å². The monoisotopic (exact) mass is 267 g/mol. The van der Waals surface area contributed by atoms with Crippen LogP contribution in [0.25, 0.3) is 0 Å². The summed E-state index contributed by atoms with van der Waals surface area (Å²) in [6, 6.07) is 6.13. The van der Waals surface area contributed by atoms with E-state index in [0.717, 1.165) is 22.3 Å². The van der Waals surface area contributed by atoms with Crippen LogP contribution in [0, 0.1) is 0 Å². The van der Waals surface area contributed by atoms with Crippen molar-refractivity contribution in [2.75, 3.05) is 5.32 Å². The highest BCUT2D eigenvalue weighted by Gasteiger charge is 2.08. The van der Waals surface area contributed by atoms with Crippen molar-refractivity contribution in [2.45, 2.75) is 26.3 Å².